The SMILES string of the molecule is COCCNC(=O)Cn1nc(C)c2c(C(F)(F)F)cc(C)nc21. The molecule has 0 fully saturated rings. The number of methoxy groups -OCH3 is 1. The number of ether oxygens (including phenoxy) is 1. The van der Waals surface area contributed by atoms with Gasteiger partial charge in [-0.3, -0.25) is 4.79 Å². The van der Waals surface area contributed by atoms with E-state index in [4.69, 9.17) is 4.74 Å². The summed E-state index contributed by atoms with van der Waals surface area (Å²) in [5, 5.41) is 6.55. The Morgan fingerprint density at radius 1 is 1.39 bits per heavy atom. The average Bonchev–Trinajstić information content (AvgIpc) is 2.73. The molecule has 1 N–H and O–H groups in total. The first-order valence-corrected chi connectivity index (χ1v) is 6.91. The molecule has 0 saturated heterocycles. The number of halogens is 3. The van der Waals surface area contributed by atoms with Gasteiger partial charge in [-0.15, -0.1) is 0 Å². The summed E-state index contributed by atoms with van der Waals surface area (Å²) in [6, 6.07) is 0.986. The molecule has 0 aromatic carbocycles. The van der Waals surface area contributed by atoms with Gasteiger partial charge >= 0.3 is 6.18 Å². The maximum atomic E-state index is 13.2. The van der Waals surface area contributed by atoms with Crippen molar-refractivity contribution in [1.29, 1.82) is 0 Å². The van der Waals surface area contributed by atoms with Crippen LogP contribution < -0.4 is 5.32 Å². The molecule has 0 aliphatic heterocycles. The number of nitrogens with zero attached hydrogens (tertiary/aromatic N) is 3. The van der Waals surface area contributed by atoms with Gasteiger partial charge in [0.2, 0.25) is 5.91 Å². The minimum absolute atomic E-state index is 0.0525. The predicted octanol–water partition coefficient (Wildman–Crippen LogP) is 1.83. The second-order valence-electron chi connectivity index (χ2n) is 5.09. The van der Waals surface area contributed by atoms with E-state index in [1.54, 1.807) is 0 Å². The van der Waals surface area contributed by atoms with Crippen LogP contribution in [0, 0.1) is 13.8 Å². The summed E-state index contributed by atoms with van der Waals surface area (Å²) in [6.45, 7) is 3.39. The normalized spacial score (nSPS) is 11.9. The van der Waals surface area contributed by atoms with Gasteiger partial charge in [-0.1, -0.05) is 0 Å². The molecular weight excluding hydrogens is 313 g/mol. The Morgan fingerprint density at radius 2 is 2.09 bits per heavy atom. The van der Waals surface area contributed by atoms with Crippen molar-refractivity contribution in [2.75, 3.05) is 20.3 Å². The molecule has 1 amide bonds. The van der Waals surface area contributed by atoms with E-state index in [-0.39, 0.29) is 34.9 Å². The molecule has 0 spiro atoms. The lowest BCUT2D eigenvalue weighted by atomic mass is 10.1. The van der Waals surface area contributed by atoms with Gasteiger partial charge in [0.05, 0.1) is 23.3 Å². The summed E-state index contributed by atoms with van der Waals surface area (Å²) in [5.41, 5.74) is -0.337. The minimum atomic E-state index is -4.51. The van der Waals surface area contributed by atoms with E-state index >= 15 is 0 Å². The highest BCUT2D eigenvalue weighted by molar-refractivity contribution is 5.85. The topological polar surface area (TPSA) is 69.0 Å². The highest BCUT2D eigenvalue weighted by Gasteiger charge is 2.35. The molecule has 9 heteroatoms. The van der Waals surface area contributed by atoms with Crippen molar-refractivity contribution in [3.05, 3.63) is 23.0 Å². The quantitative estimate of drug-likeness (QED) is 0.849. The molecule has 2 aromatic heterocycles. The van der Waals surface area contributed by atoms with Crippen LogP contribution in [-0.2, 0) is 22.3 Å². The molecular formula is C14H17F3N4O2. The van der Waals surface area contributed by atoms with Crippen molar-refractivity contribution in [3.63, 3.8) is 0 Å². The van der Waals surface area contributed by atoms with E-state index in [0.29, 0.717) is 13.2 Å². The molecule has 0 atom stereocenters. The van der Waals surface area contributed by atoms with Crippen molar-refractivity contribution >= 4 is 16.9 Å². The summed E-state index contributed by atoms with van der Waals surface area (Å²) in [5.74, 6) is -0.372. The van der Waals surface area contributed by atoms with Gasteiger partial charge in [-0.2, -0.15) is 18.3 Å². The number of nitrogens with one attached hydrogen (secondary N) is 1. The first-order chi connectivity index (χ1) is 10.7. The van der Waals surface area contributed by atoms with Crippen LogP contribution in [-0.4, -0.2) is 40.9 Å². The Labute approximate surface area is 130 Å². The molecule has 6 nitrogen and oxygen atoms in total. The highest BCUT2D eigenvalue weighted by Crippen LogP contribution is 2.36. The van der Waals surface area contributed by atoms with E-state index in [2.05, 4.69) is 15.4 Å². The number of hydrogen-bond acceptors (Lipinski definition) is 4. The number of pyridine rings is 1. The summed E-state index contributed by atoms with van der Waals surface area (Å²) >= 11 is 0. The van der Waals surface area contributed by atoms with Crippen LogP contribution in [0.1, 0.15) is 17.0 Å². The molecule has 0 bridgehead atoms. The zero-order valence-electron chi connectivity index (χ0n) is 13.0. The van der Waals surface area contributed by atoms with Crippen LogP contribution in [0.25, 0.3) is 11.0 Å². The number of hydrogen-bond donors (Lipinski definition) is 1. The van der Waals surface area contributed by atoms with Crippen LogP contribution in [0.4, 0.5) is 13.2 Å². The highest BCUT2D eigenvalue weighted by atomic mass is 19.4. The largest absolute Gasteiger partial charge is 0.417 e. The zero-order chi connectivity index (χ0) is 17.2. The van der Waals surface area contributed by atoms with Gasteiger partial charge in [0, 0.05) is 19.3 Å². The van der Waals surface area contributed by atoms with Gasteiger partial charge in [-0.05, 0) is 19.9 Å². The molecule has 0 aliphatic rings. The Balaban J connectivity index is 2.40. The number of alkyl halides is 3. The van der Waals surface area contributed by atoms with Gasteiger partial charge in [0.1, 0.15) is 6.54 Å². The van der Waals surface area contributed by atoms with Crippen LogP contribution in [0.5, 0.6) is 0 Å². The molecule has 23 heavy (non-hydrogen) atoms. The predicted molar refractivity (Wildman–Crippen MR) is 76.9 cm³/mol. The lowest BCUT2D eigenvalue weighted by Gasteiger charge is -2.10. The third kappa shape index (κ3) is 3.79. The van der Waals surface area contributed by atoms with Crippen LogP contribution >= 0.6 is 0 Å². The van der Waals surface area contributed by atoms with E-state index < -0.39 is 11.7 Å². The van der Waals surface area contributed by atoms with Crippen LogP contribution in [0.15, 0.2) is 6.07 Å². The van der Waals surface area contributed by atoms with Gasteiger partial charge in [0.25, 0.3) is 0 Å². The molecule has 2 aromatic rings. The number of amides is 1. The minimum Gasteiger partial charge on any atom is -0.383 e. The lowest BCUT2D eigenvalue weighted by Crippen LogP contribution is -2.30. The number of aromatic nitrogens is 3. The maximum absolute atomic E-state index is 13.2. The van der Waals surface area contributed by atoms with E-state index in [9.17, 15) is 18.0 Å². The summed E-state index contributed by atoms with van der Waals surface area (Å²) in [6.07, 6.45) is -4.51. The fourth-order valence-corrected chi connectivity index (χ4v) is 2.30. The molecule has 0 radical (unpaired) electrons. The second-order valence-corrected chi connectivity index (χ2v) is 5.09. The third-order valence-electron chi connectivity index (χ3n) is 3.23. The summed E-state index contributed by atoms with van der Waals surface area (Å²) in [7, 11) is 1.50. The number of fused-ring (bicyclic) bond motifs is 1. The summed E-state index contributed by atoms with van der Waals surface area (Å²) < 4.78 is 45.6. The van der Waals surface area contributed by atoms with Gasteiger partial charge in [0.15, 0.2) is 5.65 Å². The molecule has 0 unspecified atom stereocenters. The lowest BCUT2D eigenvalue weighted by molar-refractivity contribution is -0.136. The van der Waals surface area contributed by atoms with Crippen LogP contribution in [0.3, 0.4) is 0 Å². The number of carbonyl (C=O) groups excluding carboxylic acids is 1. The number of aryl methyl sites for hydroxylation is 2. The van der Waals surface area contributed by atoms with E-state index in [1.807, 2.05) is 0 Å². The Bertz CT molecular complexity index is 725. The first-order valence-electron chi connectivity index (χ1n) is 6.91. The average molecular weight is 330 g/mol. The van der Waals surface area contributed by atoms with Crippen molar-refractivity contribution < 1.29 is 22.7 Å². The Kier molecular flexibility index (Phi) is 4.88. The fourth-order valence-electron chi connectivity index (χ4n) is 2.30. The molecule has 2 rings (SSSR count). The zero-order valence-corrected chi connectivity index (χ0v) is 13.0. The van der Waals surface area contributed by atoms with Crippen molar-refractivity contribution in [3.8, 4) is 0 Å². The molecule has 0 saturated carbocycles. The van der Waals surface area contributed by atoms with E-state index in [0.717, 1.165) is 6.07 Å². The van der Waals surface area contributed by atoms with Crippen molar-refractivity contribution in [1.82, 2.24) is 20.1 Å². The van der Waals surface area contributed by atoms with Gasteiger partial charge in [-0.25, -0.2) is 9.67 Å². The summed E-state index contributed by atoms with van der Waals surface area (Å²) in [4.78, 5) is 15.9. The standard InChI is InChI=1S/C14H17F3N4O2/c1-8-6-10(14(15,16)17)12-9(2)20-21(13(12)19-8)7-11(22)18-4-5-23-3/h6H,4-5,7H2,1-3H3,(H,18,22). The maximum Gasteiger partial charge on any atom is 0.417 e. The molecule has 0 aliphatic carbocycles. The Morgan fingerprint density at radius 3 is 2.70 bits per heavy atom. The number of carbonyl (C=O) groups is 1. The smallest absolute Gasteiger partial charge is 0.383 e. The van der Waals surface area contributed by atoms with E-state index in [1.165, 1.54) is 25.6 Å². The second kappa shape index (κ2) is 6.53. The molecule has 2 heterocycles. The number of rotatable bonds is 5. The monoisotopic (exact) mass is 330 g/mol. The van der Waals surface area contributed by atoms with Gasteiger partial charge < -0.3 is 10.1 Å². The van der Waals surface area contributed by atoms with Crippen LogP contribution in [0.2, 0.25) is 0 Å². The first kappa shape index (κ1) is 17.2. The third-order valence-corrected chi connectivity index (χ3v) is 3.23. The van der Waals surface area contributed by atoms with Crippen molar-refractivity contribution in [2.45, 2.75) is 26.6 Å². The Hall–Kier alpha value is -2.16. The molecule has 126 valence electrons. The fraction of sp³-hybridized carbons (Fsp3) is 0.500. The van der Waals surface area contributed by atoms with Crippen molar-refractivity contribution in [2.24, 2.45) is 0 Å².